The molecule has 28 heavy (non-hydrogen) atoms. The van der Waals surface area contributed by atoms with Crippen LogP contribution in [-0.4, -0.2) is 56.9 Å². The molecule has 0 spiro atoms. The molecule has 0 unspecified atom stereocenters. The van der Waals surface area contributed by atoms with Crippen molar-refractivity contribution >= 4 is 46.1 Å². The minimum atomic E-state index is -0.581. The average molecular weight is 425 g/mol. The third-order valence-corrected chi connectivity index (χ3v) is 6.34. The van der Waals surface area contributed by atoms with Crippen LogP contribution in [0.25, 0.3) is 11.0 Å². The molecule has 0 bridgehead atoms. The van der Waals surface area contributed by atoms with Crippen molar-refractivity contribution in [3.63, 3.8) is 0 Å². The van der Waals surface area contributed by atoms with E-state index in [1.54, 1.807) is 11.8 Å². The summed E-state index contributed by atoms with van der Waals surface area (Å²) in [5.41, 5.74) is 0.250. The van der Waals surface area contributed by atoms with Crippen LogP contribution in [0.2, 0.25) is 0 Å². The van der Waals surface area contributed by atoms with Gasteiger partial charge in [-0.05, 0) is 38.9 Å². The predicted octanol–water partition coefficient (Wildman–Crippen LogP) is 3.31. The summed E-state index contributed by atoms with van der Waals surface area (Å²) in [6.45, 7) is 8.87. The minimum Gasteiger partial charge on any atom is -0.356 e. The van der Waals surface area contributed by atoms with Crippen molar-refractivity contribution in [1.82, 2.24) is 25.1 Å². The molecule has 1 fully saturated rings. The number of alkyl halides is 1. The van der Waals surface area contributed by atoms with Gasteiger partial charge in [0, 0.05) is 25.5 Å². The Labute approximate surface area is 175 Å². The molecule has 1 saturated heterocycles. The summed E-state index contributed by atoms with van der Waals surface area (Å²) in [7, 11) is 0. The Balaban J connectivity index is 1.81. The number of hydrogen-bond donors (Lipinski definition) is 1. The van der Waals surface area contributed by atoms with E-state index >= 15 is 0 Å². The van der Waals surface area contributed by atoms with E-state index in [0.717, 1.165) is 40.9 Å². The second-order valence-corrected chi connectivity index (χ2v) is 9.19. The number of aromatic nitrogens is 4. The zero-order valence-corrected chi connectivity index (χ0v) is 18.4. The maximum atomic E-state index is 12.2. The fourth-order valence-corrected chi connectivity index (χ4v) is 3.88. The van der Waals surface area contributed by atoms with Gasteiger partial charge in [0.05, 0.1) is 23.5 Å². The van der Waals surface area contributed by atoms with E-state index in [9.17, 15) is 4.79 Å². The number of hydrogen-bond acceptors (Lipinski definition) is 6. The summed E-state index contributed by atoms with van der Waals surface area (Å²) >= 11 is 7.52. The molecule has 1 aliphatic rings. The standard InChI is InChI=1S/C19H29ClN6OS/c1-4-28-18-23-15(25-9-6-5-7-10-25)14-12-22-26(16(14)24-18)11-8-21-17(27)19(2,3)13-20/h12H,4-11,13H2,1-3H3,(H,21,27). The molecule has 1 amide bonds. The van der Waals surface area contributed by atoms with Crippen molar-refractivity contribution in [2.75, 3.05) is 36.2 Å². The number of piperidine rings is 1. The highest BCUT2D eigenvalue weighted by molar-refractivity contribution is 7.99. The van der Waals surface area contributed by atoms with E-state index in [-0.39, 0.29) is 11.8 Å². The lowest BCUT2D eigenvalue weighted by Gasteiger charge is -2.28. The number of carbonyl (C=O) groups is 1. The number of fused-ring (bicyclic) bond motifs is 1. The van der Waals surface area contributed by atoms with Gasteiger partial charge in [-0.3, -0.25) is 4.79 Å². The zero-order valence-electron chi connectivity index (χ0n) is 16.9. The monoisotopic (exact) mass is 424 g/mol. The topological polar surface area (TPSA) is 75.9 Å². The highest BCUT2D eigenvalue weighted by atomic mass is 35.5. The van der Waals surface area contributed by atoms with Gasteiger partial charge >= 0.3 is 0 Å². The van der Waals surface area contributed by atoms with E-state index in [2.05, 4.69) is 22.2 Å². The van der Waals surface area contributed by atoms with Gasteiger partial charge in [-0.25, -0.2) is 14.6 Å². The lowest BCUT2D eigenvalue weighted by molar-refractivity contribution is -0.128. The molecule has 3 heterocycles. The lowest BCUT2D eigenvalue weighted by atomic mass is 9.95. The molecule has 9 heteroatoms. The van der Waals surface area contributed by atoms with Crippen LogP contribution in [0.3, 0.4) is 0 Å². The third-order valence-electron chi connectivity index (χ3n) is 4.94. The van der Waals surface area contributed by atoms with Crippen LogP contribution in [0.5, 0.6) is 0 Å². The van der Waals surface area contributed by atoms with Crippen molar-refractivity contribution in [3.8, 4) is 0 Å². The molecule has 0 radical (unpaired) electrons. The summed E-state index contributed by atoms with van der Waals surface area (Å²) in [6.07, 6.45) is 5.51. The molecule has 0 saturated carbocycles. The first-order chi connectivity index (χ1) is 13.5. The van der Waals surface area contributed by atoms with Gasteiger partial charge in [0.25, 0.3) is 0 Å². The third kappa shape index (κ3) is 4.71. The molecule has 2 aromatic heterocycles. The molecule has 0 aromatic carbocycles. The van der Waals surface area contributed by atoms with E-state index in [0.29, 0.717) is 13.1 Å². The Morgan fingerprint density at radius 3 is 2.71 bits per heavy atom. The summed E-state index contributed by atoms with van der Waals surface area (Å²) in [5.74, 6) is 2.14. The molecule has 2 aromatic rings. The lowest BCUT2D eigenvalue weighted by Crippen LogP contribution is -2.39. The van der Waals surface area contributed by atoms with Crippen LogP contribution in [0.4, 0.5) is 5.82 Å². The summed E-state index contributed by atoms with van der Waals surface area (Å²) in [4.78, 5) is 24.1. The van der Waals surface area contributed by atoms with Crippen LogP contribution in [0.15, 0.2) is 11.4 Å². The van der Waals surface area contributed by atoms with E-state index in [4.69, 9.17) is 21.6 Å². The largest absolute Gasteiger partial charge is 0.356 e. The van der Waals surface area contributed by atoms with Crippen molar-refractivity contribution in [2.24, 2.45) is 5.41 Å². The number of anilines is 1. The van der Waals surface area contributed by atoms with Gasteiger partial charge in [-0.2, -0.15) is 5.10 Å². The van der Waals surface area contributed by atoms with Crippen molar-refractivity contribution in [1.29, 1.82) is 0 Å². The van der Waals surface area contributed by atoms with Gasteiger partial charge in [0.2, 0.25) is 5.91 Å². The molecule has 3 rings (SSSR count). The molecule has 154 valence electrons. The fourth-order valence-electron chi connectivity index (χ4n) is 3.20. The molecule has 0 atom stereocenters. The highest BCUT2D eigenvalue weighted by Gasteiger charge is 2.26. The summed E-state index contributed by atoms with van der Waals surface area (Å²) < 4.78 is 1.86. The number of halogens is 1. The maximum Gasteiger partial charge on any atom is 0.226 e. The van der Waals surface area contributed by atoms with E-state index in [1.807, 2.05) is 24.7 Å². The molecular formula is C19H29ClN6OS. The Hall–Kier alpha value is -1.54. The molecule has 1 aliphatic heterocycles. The quantitative estimate of drug-likeness (QED) is 0.398. The van der Waals surface area contributed by atoms with Crippen LogP contribution in [-0.2, 0) is 11.3 Å². The van der Waals surface area contributed by atoms with Crippen LogP contribution < -0.4 is 10.2 Å². The molecule has 0 aliphatic carbocycles. The minimum absolute atomic E-state index is 0.0511. The fraction of sp³-hybridized carbons (Fsp3) is 0.684. The number of carbonyl (C=O) groups excluding carboxylic acids is 1. The summed E-state index contributed by atoms with van der Waals surface area (Å²) in [6, 6.07) is 0. The Kier molecular flexibility index (Phi) is 7.04. The summed E-state index contributed by atoms with van der Waals surface area (Å²) in [5, 5.41) is 9.25. The molecule has 1 N–H and O–H groups in total. The number of amides is 1. The van der Waals surface area contributed by atoms with E-state index < -0.39 is 5.41 Å². The first-order valence-corrected chi connectivity index (χ1v) is 11.4. The number of thioether (sulfide) groups is 1. The van der Waals surface area contributed by atoms with E-state index in [1.165, 1.54) is 19.3 Å². The number of nitrogens with zero attached hydrogens (tertiary/aromatic N) is 5. The van der Waals surface area contributed by atoms with Gasteiger partial charge < -0.3 is 10.2 Å². The second-order valence-electron chi connectivity index (χ2n) is 7.69. The Bertz CT molecular complexity index is 818. The predicted molar refractivity (Wildman–Crippen MR) is 115 cm³/mol. The van der Waals surface area contributed by atoms with Crippen molar-refractivity contribution in [3.05, 3.63) is 6.20 Å². The molecule has 7 nitrogen and oxygen atoms in total. The highest BCUT2D eigenvalue weighted by Crippen LogP contribution is 2.29. The van der Waals surface area contributed by atoms with Crippen LogP contribution in [0.1, 0.15) is 40.0 Å². The van der Waals surface area contributed by atoms with Gasteiger partial charge in [0.1, 0.15) is 5.82 Å². The Morgan fingerprint density at radius 1 is 1.29 bits per heavy atom. The van der Waals surface area contributed by atoms with Crippen LogP contribution in [0, 0.1) is 5.41 Å². The van der Waals surface area contributed by atoms with Crippen molar-refractivity contribution < 1.29 is 4.79 Å². The van der Waals surface area contributed by atoms with Gasteiger partial charge in [0.15, 0.2) is 10.8 Å². The zero-order chi connectivity index (χ0) is 20.1. The number of rotatable bonds is 8. The maximum absolute atomic E-state index is 12.2. The second kappa shape index (κ2) is 9.31. The first kappa shape index (κ1) is 21.2. The first-order valence-electron chi connectivity index (χ1n) is 9.92. The SMILES string of the molecule is CCSc1nc(N2CCCCC2)c2cnn(CCNC(=O)C(C)(C)CCl)c2n1. The normalized spacial score (nSPS) is 15.2. The Morgan fingerprint density at radius 2 is 2.04 bits per heavy atom. The molecular weight excluding hydrogens is 396 g/mol. The van der Waals surface area contributed by atoms with Gasteiger partial charge in [-0.1, -0.05) is 18.7 Å². The van der Waals surface area contributed by atoms with Gasteiger partial charge in [-0.15, -0.1) is 11.6 Å². The smallest absolute Gasteiger partial charge is 0.226 e. The number of nitrogens with one attached hydrogen (secondary N) is 1. The van der Waals surface area contributed by atoms with Crippen LogP contribution >= 0.6 is 23.4 Å². The average Bonchev–Trinajstić information content (AvgIpc) is 3.11. The van der Waals surface area contributed by atoms with Crippen molar-refractivity contribution in [2.45, 2.75) is 51.7 Å².